The van der Waals surface area contributed by atoms with E-state index in [9.17, 15) is 45.3 Å². The average Bonchev–Trinajstić information content (AvgIpc) is 3.14. The van der Waals surface area contributed by atoms with Crippen LogP contribution in [-0.2, 0) is 4.74 Å². The van der Waals surface area contributed by atoms with Crippen molar-refractivity contribution in [3.05, 3.63) is 93.2 Å². The molecule has 53 heavy (non-hydrogen) atoms. The molecule has 1 aliphatic rings. The molecule has 3 heterocycles. The van der Waals surface area contributed by atoms with Gasteiger partial charge in [-0.1, -0.05) is 0 Å². The van der Waals surface area contributed by atoms with Crippen LogP contribution in [0.3, 0.4) is 0 Å². The summed E-state index contributed by atoms with van der Waals surface area (Å²) in [7, 11) is 2.89. The molecule has 0 spiro atoms. The van der Waals surface area contributed by atoms with Crippen molar-refractivity contribution in [2.45, 2.75) is 30.7 Å². The molecule has 4 aromatic carbocycles. The van der Waals surface area contributed by atoms with Crippen molar-refractivity contribution in [1.29, 1.82) is 0 Å². The van der Waals surface area contributed by atoms with E-state index in [1.807, 2.05) is 0 Å². The number of methoxy groups -OCH3 is 2. The molecule has 2 aromatic heterocycles. The molecular weight excluding hydrogens is 696 g/mol. The molecule has 0 aliphatic carbocycles. The van der Waals surface area contributed by atoms with Gasteiger partial charge in [-0.25, -0.2) is 0 Å². The number of hydrogen-bond acceptors (Lipinski definition) is 15. The highest BCUT2D eigenvalue weighted by molar-refractivity contribution is 6.01. The number of aliphatic hydroxyl groups is 4. The summed E-state index contributed by atoms with van der Waals surface area (Å²) in [5.74, 6) is -0.771. The lowest BCUT2D eigenvalue weighted by molar-refractivity contribution is -0.277. The summed E-state index contributed by atoms with van der Waals surface area (Å²) in [6.07, 6.45) is -7.93. The van der Waals surface area contributed by atoms with Gasteiger partial charge in [0.25, 0.3) is 0 Å². The van der Waals surface area contributed by atoms with Crippen LogP contribution in [0.5, 0.6) is 34.5 Å². The molecule has 5 unspecified atom stereocenters. The average molecular weight is 729 g/mol. The maximum atomic E-state index is 13.4. The second-order valence-corrected chi connectivity index (χ2v) is 12.2. The van der Waals surface area contributed by atoms with Crippen molar-refractivity contribution in [3.8, 4) is 68.3 Å². The minimum absolute atomic E-state index is 0.0139. The Bertz CT molecular complexity index is 2470. The largest absolute Gasteiger partial charge is 0.507 e. The lowest BCUT2D eigenvalue weighted by Crippen LogP contribution is -2.60. The SMILES string of the molecule is COc1ccc(-c2cc(=O)c3c(O)cc(O)c(-c4cc(-c5cc(=O)c6c(O)cc(OC7OC(CO)C(O)C(O)C7O)cc6o5)ccc4OC)c3o2)cc1. The molecule has 0 radical (unpaired) electrons. The van der Waals surface area contributed by atoms with Crippen LogP contribution in [0.2, 0.25) is 0 Å². The van der Waals surface area contributed by atoms with E-state index in [2.05, 4.69) is 0 Å². The molecular formula is C38H32O15. The van der Waals surface area contributed by atoms with Gasteiger partial charge in [-0.15, -0.1) is 0 Å². The first-order chi connectivity index (χ1) is 25.4. The minimum atomic E-state index is -1.74. The van der Waals surface area contributed by atoms with Crippen LogP contribution < -0.4 is 25.1 Å². The van der Waals surface area contributed by atoms with Crippen LogP contribution in [0.15, 0.2) is 91.2 Å². The monoisotopic (exact) mass is 728 g/mol. The Morgan fingerprint density at radius 2 is 1.32 bits per heavy atom. The Morgan fingerprint density at radius 1 is 0.660 bits per heavy atom. The molecule has 0 amide bonds. The summed E-state index contributed by atoms with van der Waals surface area (Å²) in [6.45, 7) is -0.691. The highest BCUT2D eigenvalue weighted by atomic mass is 16.7. The quantitative estimate of drug-likeness (QED) is 0.119. The Morgan fingerprint density at radius 3 is 2.00 bits per heavy atom. The first-order valence-corrected chi connectivity index (χ1v) is 16.1. The van der Waals surface area contributed by atoms with E-state index in [4.69, 9.17) is 27.8 Å². The third-order valence-corrected chi connectivity index (χ3v) is 8.97. The zero-order valence-corrected chi connectivity index (χ0v) is 27.9. The van der Waals surface area contributed by atoms with Crippen molar-refractivity contribution in [3.63, 3.8) is 0 Å². The molecule has 1 saturated heterocycles. The van der Waals surface area contributed by atoms with Crippen molar-refractivity contribution in [1.82, 2.24) is 0 Å². The summed E-state index contributed by atoms with van der Waals surface area (Å²) in [5, 5.41) is 72.5. The number of aromatic hydroxyl groups is 3. The second kappa shape index (κ2) is 13.8. The van der Waals surface area contributed by atoms with Gasteiger partial charge in [-0.3, -0.25) is 9.59 Å². The van der Waals surface area contributed by atoms with Gasteiger partial charge in [0.15, 0.2) is 16.4 Å². The van der Waals surface area contributed by atoms with Crippen LogP contribution in [0, 0.1) is 0 Å². The van der Waals surface area contributed by atoms with Gasteiger partial charge >= 0.3 is 0 Å². The molecule has 7 N–H and O–H groups in total. The lowest BCUT2D eigenvalue weighted by atomic mass is 9.96. The highest BCUT2D eigenvalue weighted by Crippen LogP contribution is 2.46. The molecule has 274 valence electrons. The van der Waals surface area contributed by atoms with E-state index in [1.165, 1.54) is 38.5 Å². The number of ether oxygens (including phenoxy) is 4. The summed E-state index contributed by atoms with van der Waals surface area (Å²) in [6, 6.07) is 16.9. The topological polar surface area (TPSA) is 239 Å². The Labute approximate surface area is 298 Å². The normalized spacial score (nSPS) is 20.1. The zero-order valence-electron chi connectivity index (χ0n) is 27.9. The van der Waals surface area contributed by atoms with Gasteiger partial charge in [-0.2, -0.15) is 0 Å². The van der Waals surface area contributed by atoms with Crippen LogP contribution in [0.4, 0.5) is 0 Å². The standard InChI is InChI=1S/C38H32O15/c1-48-18-6-3-16(4-7-18)27-14-25(44)33-23(42)12-22(41)31(37(33)52-27)20-9-17(5-8-26(20)49-2)28-13-24(43)32-21(40)10-19(11-29(32)51-28)50-38-36(47)35(46)34(45)30(15-39)53-38/h3-14,30,34-36,38-42,45-47H,15H2,1-2H3. The van der Waals surface area contributed by atoms with Gasteiger partial charge in [0.2, 0.25) is 6.29 Å². The van der Waals surface area contributed by atoms with Gasteiger partial charge in [0.05, 0.1) is 26.4 Å². The number of aliphatic hydroxyl groups excluding tert-OH is 4. The molecule has 0 saturated carbocycles. The van der Waals surface area contributed by atoms with E-state index in [0.717, 1.165) is 18.2 Å². The number of phenolic OH excluding ortho intramolecular Hbond substituents is 3. The van der Waals surface area contributed by atoms with Crippen LogP contribution in [0.1, 0.15) is 0 Å². The van der Waals surface area contributed by atoms with Gasteiger partial charge < -0.3 is 63.5 Å². The van der Waals surface area contributed by atoms with Crippen LogP contribution in [0.25, 0.3) is 55.7 Å². The third-order valence-electron chi connectivity index (χ3n) is 8.97. The van der Waals surface area contributed by atoms with Crippen LogP contribution in [-0.4, -0.2) is 87.3 Å². The molecule has 15 nitrogen and oxygen atoms in total. The fraction of sp³-hybridized carbons (Fsp3) is 0.211. The minimum Gasteiger partial charge on any atom is -0.507 e. The van der Waals surface area contributed by atoms with Crippen LogP contribution >= 0.6 is 0 Å². The maximum absolute atomic E-state index is 13.4. The predicted octanol–water partition coefficient (Wildman–Crippen LogP) is 3.21. The lowest BCUT2D eigenvalue weighted by Gasteiger charge is -2.39. The van der Waals surface area contributed by atoms with E-state index in [-0.39, 0.29) is 61.6 Å². The summed E-state index contributed by atoms with van der Waals surface area (Å²) in [4.78, 5) is 26.7. The number of benzene rings is 4. The van der Waals surface area contributed by atoms with E-state index in [1.54, 1.807) is 30.3 Å². The predicted molar refractivity (Wildman–Crippen MR) is 187 cm³/mol. The van der Waals surface area contributed by atoms with Gasteiger partial charge in [-0.05, 0) is 42.5 Å². The highest BCUT2D eigenvalue weighted by Gasteiger charge is 2.44. The number of fused-ring (bicyclic) bond motifs is 2. The van der Waals surface area contributed by atoms with Crippen molar-refractivity contribution in [2.75, 3.05) is 20.8 Å². The number of phenols is 3. The number of hydrogen-bond donors (Lipinski definition) is 7. The van der Waals surface area contributed by atoms with E-state index in [0.29, 0.717) is 11.3 Å². The van der Waals surface area contributed by atoms with Gasteiger partial charge in [0.1, 0.15) is 86.8 Å². The van der Waals surface area contributed by atoms with Gasteiger partial charge in [0, 0.05) is 47.0 Å². The van der Waals surface area contributed by atoms with Crippen molar-refractivity contribution < 1.29 is 63.5 Å². The molecule has 5 atom stereocenters. The van der Waals surface area contributed by atoms with Crippen molar-refractivity contribution in [2.24, 2.45) is 0 Å². The first kappa shape index (κ1) is 35.3. The smallest absolute Gasteiger partial charge is 0.229 e. The van der Waals surface area contributed by atoms with E-state index < -0.39 is 65.4 Å². The zero-order chi connectivity index (χ0) is 37.7. The third kappa shape index (κ3) is 6.26. The molecule has 6 aromatic rings. The molecule has 1 aliphatic heterocycles. The fourth-order valence-electron chi connectivity index (χ4n) is 6.27. The van der Waals surface area contributed by atoms with Crippen molar-refractivity contribution >= 4 is 21.9 Å². The maximum Gasteiger partial charge on any atom is 0.229 e. The van der Waals surface area contributed by atoms with E-state index >= 15 is 0 Å². The summed E-state index contributed by atoms with van der Waals surface area (Å²) < 4.78 is 34.1. The molecule has 15 heteroatoms. The Hall–Kier alpha value is -6.10. The second-order valence-electron chi connectivity index (χ2n) is 12.2. The Kier molecular flexibility index (Phi) is 9.19. The molecule has 0 bridgehead atoms. The first-order valence-electron chi connectivity index (χ1n) is 16.1. The number of rotatable bonds is 8. The molecule has 1 fully saturated rings. The fourth-order valence-corrected chi connectivity index (χ4v) is 6.27. The molecule has 7 rings (SSSR count). The summed E-state index contributed by atoms with van der Waals surface area (Å²) in [5.41, 5.74) is -0.595. The summed E-state index contributed by atoms with van der Waals surface area (Å²) >= 11 is 0. The Balaban J connectivity index is 1.34.